The van der Waals surface area contributed by atoms with Crippen molar-refractivity contribution in [3.63, 3.8) is 0 Å². The maximum atomic E-state index is 13.1. The Kier molecular flexibility index (Phi) is 5.36. The largest absolute Gasteiger partial charge is 0.355 e. The van der Waals surface area contributed by atoms with E-state index in [1.807, 2.05) is 36.4 Å². The Bertz CT molecular complexity index is 1240. The van der Waals surface area contributed by atoms with Crippen molar-refractivity contribution in [2.75, 3.05) is 18.9 Å². The molecule has 162 valence electrons. The maximum absolute atomic E-state index is 13.1. The minimum absolute atomic E-state index is 0.241. The Morgan fingerprint density at radius 2 is 1.66 bits per heavy atom. The Hall–Kier alpha value is -4.20. The second-order valence-corrected chi connectivity index (χ2v) is 7.71. The lowest BCUT2D eigenvalue weighted by molar-refractivity contribution is -0.133. The van der Waals surface area contributed by atoms with E-state index in [0.717, 1.165) is 15.7 Å². The van der Waals surface area contributed by atoms with Crippen molar-refractivity contribution in [2.45, 2.75) is 12.5 Å². The van der Waals surface area contributed by atoms with Gasteiger partial charge in [0, 0.05) is 18.3 Å². The van der Waals surface area contributed by atoms with Gasteiger partial charge in [-0.25, -0.2) is 4.79 Å². The molecule has 3 aromatic rings. The lowest BCUT2D eigenvalue weighted by Gasteiger charge is -2.22. The fraction of sp³-hybridized carbons (Fsp3) is 0.167. The molecular formula is C24H22N4O4. The molecular weight excluding hydrogens is 408 g/mol. The number of amides is 5. The van der Waals surface area contributed by atoms with Gasteiger partial charge in [0.05, 0.1) is 0 Å². The summed E-state index contributed by atoms with van der Waals surface area (Å²) in [4.78, 5) is 50.7. The van der Waals surface area contributed by atoms with Crippen molar-refractivity contribution < 1.29 is 19.2 Å². The van der Waals surface area contributed by atoms with Crippen molar-refractivity contribution in [1.82, 2.24) is 15.5 Å². The topological polar surface area (TPSA) is 108 Å². The predicted molar refractivity (Wildman–Crippen MR) is 120 cm³/mol. The first-order valence-corrected chi connectivity index (χ1v) is 10.1. The molecule has 0 spiro atoms. The third kappa shape index (κ3) is 3.78. The number of carbonyl (C=O) groups excluding carboxylic acids is 4. The number of anilines is 1. The minimum Gasteiger partial charge on any atom is -0.355 e. The van der Waals surface area contributed by atoms with Crippen molar-refractivity contribution >= 4 is 40.2 Å². The standard InChI is InChI=1S/C24H22N4O4/c1-24(18-10-7-15-5-3-4-6-17(15)13-18)22(31)28(23(32)27-24)14-20(29)26-19-11-8-16(9-12-19)21(30)25-2/h3-13H,14H2,1-2H3,(H,25,30)(H,26,29)(H,27,32)/t24-/m0/s1. The monoisotopic (exact) mass is 430 g/mol. The number of fused-ring (bicyclic) bond motifs is 1. The molecule has 0 radical (unpaired) electrons. The zero-order valence-corrected chi connectivity index (χ0v) is 17.6. The molecule has 0 bridgehead atoms. The number of rotatable bonds is 5. The van der Waals surface area contributed by atoms with Gasteiger partial charge in [0.1, 0.15) is 12.1 Å². The quantitative estimate of drug-likeness (QED) is 0.541. The van der Waals surface area contributed by atoms with Crippen LogP contribution >= 0.6 is 0 Å². The van der Waals surface area contributed by atoms with Gasteiger partial charge in [-0.2, -0.15) is 0 Å². The molecule has 0 unspecified atom stereocenters. The first-order chi connectivity index (χ1) is 15.3. The van der Waals surface area contributed by atoms with Gasteiger partial charge >= 0.3 is 6.03 Å². The van der Waals surface area contributed by atoms with Crippen molar-refractivity contribution in [3.8, 4) is 0 Å². The van der Waals surface area contributed by atoms with Crippen LogP contribution in [0.1, 0.15) is 22.8 Å². The molecule has 32 heavy (non-hydrogen) atoms. The van der Waals surface area contributed by atoms with Crippen LogP contribution in [0.5, 0.6) is 0 Å². The zero-order chi connectivity index (χ0) is 22.9. The van der Waals surface area contributed by atoms with Gasteiger partial charge in [-0.1, -0.05) is 36.4 Å². The summed E-state index contributed by atoms with van der Waals surface area (Å²) < 4.78 is 0. The first kappa shape index (κ1) is 21.0. The van der Waals surface area contributed by atoms with E-state index in [1.54, 1.807) is 37.3 Å². The number of nitrogens with zero attached hydrogens (tertiary/aromatic N) is 1. The molecule has 0 saturated carbocycles. The Morgan fingerprint density at radius 3 is 2.34 bits per heavy atom. The highest BCUT2D eigenvalue weighted by Crippen LogP contribution is 2.31. The number of benzene rings is 3. The maximum Gasteiger partial charge on any atom is 0.325 e. The molecule has 1 saturated heterocycles. The van der Waals surface area contributed by atoms with Crippen LogP contribution in [-0.2, 0) is 15.1 Å². The molecule has 3 N–H and O–H groups in total. The van der Waals surface area contributed by atoms with Gasteiger partial charge in [-0.15, -0.1) is 0 Å². The van der Waals surface area contributed by atoms with Gasteiger partial charge in [0.2, 0.25) is 5.91 Å². The summed E-state index contributed by atoms with van der Waals surface area (Å²) in [6.45, 7) is 1.21. The third-order valence-electron chi connectivity index (χ3n) is 5.56. The second kappa shape index (κ2) is 8.14. The van der Waals surface area contributed by atoms with E-state index >= 15 is 0 Å². The normalized spacial score (nSPS) is 17.9. The smallest absolute Gasteiger partial charge is 0.325 e. The van der Waals surface area contributed by atoms with Gasteiger partial charge < -0.3 is 16.0 Å². The molecule has 1 atom stereocenters. The summed E-state index contributed by atoms with van der Waals surface area (Å²) >= 11 is 0. The summed E-state index contributed by atoms with van der Waals surface area (Å²) in [6, 6.07) is 19.0. The van der Waals surface area contributed by atoms with Crippen LogP contribution in [0.3, 0.4) is 0 Å². The molecule has 1 aliphatic rings. The fourth-order valence-corrected chi connectivity index (χ4v) is 3.73. The van der Waals surface area contributed by atoms with Crippen LogP contribution in [0.15, 0.2) is 66.7 Å². The van der Waals surface area contributed by atoms with E-state index in [2.05, 4.69) is 16.0 Å². The molecule has 0 aliphatic carbocycles. The number of hydrogen-bond acceptors (Lipinski definition) is 4. The van der Waals surface area contributed by atoms with Crippen LogP contribution < -0.4 is 16.0 Å². The molecule has 8 heteroatoms. The van der Waals surface area contributed by atoms with E-state index < -0.39 is 29.9 Å². The summed E-state index contributed by atoms with van der Waals surface area (Å²) in [6.07, 6.45) is 0. The van der Waals surface area contributed by atoms with Crippen molar-refractivity contribution in [2.24, 2.45) is 0 Å². The molecule has 3 aromatic carbocycles. The lowest BCUT2D eigenvalue weighted by atomic mass is 9.90. The van der Waals surface area contributed by atoms with Crippen LogP contribution in [0.4, 0.5) is 10.5 Å². The van der Waals surface area contributed by atoms with E-state index in [0.29, 0.717) is 16.8 Å². The number of urea groups is 1. The van der Waals surface area contributed by atoms with E-state index in [1.165, 1.54) is 7.05 Å². The molecule has 1 aliphatic heterocycles. The summed E-state index contributed by atoms with van der Waals surface area (Å²) in [5.74, 6) is -1.26. The summed E-state index contributed by atoms with van der Waals surface area (Å²) in [5, 5.41) is 9.85. The zero-order valence-electron chi connectivity index (χ0n) is 17.6. The van der Waals surface area contributed by atoms with E-state index in [-0.39, 0.29) is 5.91 Å². The number of nitrogens with one attached hydrogen (secondary N) is 3. The minimum atomic E-state index is -1.27. The average Bonchev–Trinajstić information content (AvgIpc) is 3.02. The molecule has 8 nitrogen and oxygen atoms in total. The number of imide groups is 1. The average molecular weight is 430 g/mol. The molecule has 5 amide bonds. The molecule has 4 rings (SSSR count). The predicted octanol–water partition coefficient (Wildman–Crippen LogP) is 2.61. The van der Waals surface area contributed by atoms with E-state index in [4.69, 9.17) is 0 Å². The first-order valence-electron chi connectivity index (χ1n) is 10.1. The third-order valence-corrected chi connectivity index (χ3v) is 5.56. The van der Waals surface area contributed by atoms with E-state index in [9.17, 15) is 19.2 Å². The fourth-order valence-electron chi connectivity index (χ4n) is 3.73. The van der Waals surface area contributed by atoms with Crippen LogP contribution in [0.25, 0.3) is 10.8 Å². The summed E-state index contributed by atoms with van der Waals surface area (Å²) in [7, 11) is 1.53. The molecule has 1 fully saturated rings. The lowest BCUT2D eigenvalue weighted by Crippen LogP contribution is -2.42. The highest BCUT2D eigenvalue weighted by molar-refractivity contribution is 6.10. The highest BCUT2D eigenvalue weighted by Gasteiger charge is 2.49. The van der Waals surface area contributed by atoms with Crippen LogP contribution in [0, 0.1) is 0 Å². The second-order valence-electron chi connectivity index (χ2n) is 7.71. The van der Waals surface area contributed by atoms with Gasteiger partial charge in [0.25, 0.3) is 11.8 Å². The van der Waals surface area contributed by atoms with Crippen molar-refractivity contribution in [1.29, 1.82) is 0 Å². The number of carbonyl (C=O) groups is 4. The Balaban J connectivity index is 1.48. The summed E-state index contributed by atoms with van der Waals surface area (Å²) in [5.41, 5.74) is 0.274. The number of hydrogen-bond donors (Lipinski definition) is 3. The van der Waals surface area contributed by atoms with Crippen molar-refractivity contribution in [3.05, 3.63) is 77.9 Å². The Labute approximate surface area is 184 Å². The Morgan fingerprint density at radius 1 is 0.969 bits per heavy atom. The van der Waals surface area contributed by atoms with Gasteiger partial charge in [-0.3, -0.25) is 19.3 Å². The molecule has 1 heterocycles. The van der Waals surface area contributed by atoms with Gasteiger partial charge in [0.15, 0.2) is 0 Å². The molecule has 0 aromatic heterocycles. The highest BCUT2D eigenvalue weighted by atomic mass is 16.2. The van der Waals surface area contributed by atoms with Crippen LogP contribution in [0.2, 0.25) is 0 Å². The van der Waals surface area contributed by atoms with Gasteiger partial charge in [-0.05, 0) is 53.6 Å². The van der Waals surface area contributed by atoms with Crippen LogP contribution in [-0.4, -0.2) is 42.2 Å². The SMILES string of the molecule is CNC(=O)c1ccc(NC(=O)CN2C(=O)N[C@@](C)(c3ccc4ccccc4c3)C2=O)cc1.